The molecule has 0 aliphatic heterocycles. The maximum absolute atomic E-state index is 7.70. The van der Waals surface area contributed by atoms with Crippen LogP contribution in [0, 0.1) is 0 Å². The summed E-state index contributed by atoms with van der Waals surface area (Å²) in [6, 6.07) is 26.9. The fourth-order valence-corrected chi connectivity index (χ4v) is 7.11. The van der Waals surface area contributed by atoms with Crippen LogP contribution < -0.4 is 0 Å². The highest BCUT2D eigenvalue weighted by atomic mass is 35.7. The van der Waals surface area contributed by atoms with Crippen molar-refractivity contribution in [2.45, 2.75) is 93.2 Å². The van der Waals surface area contributed by atoms with E-state index in [0.29, 0.717) is 0 Å². The van der Waals surface area contributed by atoms with Crippen molar-refractivity contribution in [2.75, 3.05) is 0 Å². The van der Waals surface area contributed by atoms with Gasteiger partial charge in [-0.25, -0.2) is 0 Å². The van der Waals surface area contributed by atoms with Crippen molar-refractivity contribution in [1.82, 2.24) is 0 Å². The van der Waals surface area contributed by atoms with E-state index >= 15 is 0 Å². The quantitative estimate of drug-likeness (QED) is 0.354. The highest BCUT2D eigenvalue weighted by Gasteiger charge is 2.30. The molecule has 33 heavy (non-hydrogen) atoms. The van der Waals surface area contributed by atoms with Gasteiger partial charge < -0.3 is 5.48 Å². The van der Waals surface area contributed by atoms with Gasteiger partial charge in [-0.1, -0.05) is 119 Å². The number of rotatable bonds is 3. The molecular weight excluding hydrogens is 444 g/mol. The van der Waals surface area contributed by atoms with Crippen LogP contribution in [0.4, 0.5) is 0 Å². The van der Waals surface area contributed by atoms with Crippen LogP contribution in [0.2, 0.25) is 0 Å². The average Bonchev–Trinajstić information content (AvgIpc) is 2.71. The lowest BCUT2D eigenvalue weighted by atomic mass is 9.87. The Morgan fingerprint density at radius 3 is 0.758 bits per heavy atom. The number of hydrogen-bond donors (Lipinski definition) is 0. The molecule has 0 atom stereocenters. The first-order chi connectivity index (χ1) is 14.6. The van der Waals surface area contributed by atoms with Gasteiger partial charge in [-0.3, -0.25) is 0 Å². The summed E-state index contributed by atoms with van der Waals surface area (Å²) < 4.78 is 0. The van der Waals surface area contributed by atoms with Gasteiger partial charge in [0.25, 0.3) is 0 Å². The van der Waals surface area contributed by atoms with Gasteiger partial charge in [-0.2, -0.15) is 0 Å². The molecule has 0 saturated carbocycles. The van der Waals surface area contributed by atoms with E-state index in [2.05, 4.69) is 135 Å². The molecule has 0 heterocycles. The molecule has 0 fully saturated rings. The van der Waals surface area contributed by atoms with Gasteiger partial charge in [0.15, 0.2) is 0 Å². The maximum Gasteiger partial charge on any atom is 0.0117 e. The molecular formula is C30H41ClOS. The van der Waals surface area contributed by atoms with E-state index in [9.17, 15) is 0 Å². The predicted molar refractivity (Wildman–Crippen MR) is 147 cm³/mol. The molecule has 0 unspecified atom stereocenters. The summed E-state index contributed by atoms with van der Waals surface area (Å²) in [6.45, 7) is 20.2. The largest absolute Gasteiger partial charge is 0.412 e. The third-order valence-electron chi connectivity index (χ3n) is 6.14. The minimum atomic E-state index is -1.89. The second-order valence-electron chi connectivity index (χ2n) is 11.9. The Labute approximate surface area is 207 Å². The SMILES string of the molecule is CC(C)(C)c1ccc(S(Cl)(c2ccc(C(C)(C)C)cc2)c2ccc(C(C)(C)C)cc2)cc1.O. The summed E-state index contributed by atoms with van der Waals surface area (Å²) in [4.78, 5) is 3.54. The van der Waals surface area contributed by atoms with Crippen LogP contribution in [0.15, 0.2) is 87.5 Å². The number of benzene rings is 3. The Morgan fingerprint density at radius 2 is 0.606 bits per heavy atom. The third-order valence-corrected chi connectivity index (χ3v) is 10.5. The molecule has 1 nitrogen and oxygen atoms in total. The average molecular weight is 485 g/mol. The van der Waals surface area contributed by atoms with Crippen LogP contribution in [0.5, 0.6) is 0 Å². The molecule has 0 radical (unpaired) electrons. The summed E-state index contributed by atoms with van der Waals surface area (Å²) in [5, 5.41) is 0. The summed E-state index contributed by atoms with van der Waals surface area (Å²) >= 11 is 0. The van der Waals surface area contributed by atoms with Crippen LogP contribution in [0.25, 0.3) is 0 Å². The first-order valence-corrected chi connectivity index (χ1v) is 13.9. The van der Waals surface area contributed by atoms with E-state index in [1.165, 1.54) is 31.4 Å². The van der Waals surface area contributed by atoms with Crippen LogP contribution in [0.3, 0.4) is 0 Å². The smallest absolute Gasteiger partial charge is 0.0117 e. The first-order valence-electron chi connectivity index (χ1n) is 11.5. The molecule has 3 heteroatoms. The zero-order valence-corrected chi connectivity index (χ0v) is 23.3. The van der Waals surface area contributed by atoms with Crippen LogP contribution in [-0.4, -0.2) is 5.48 Å². The number of hydrogen-bond acceptors (Lipinski definition) is 0. The molecule has 3 rings (SSSR count). The Bertz CT molecular complexity index is 906. The fourth-order valence-electron chi connectivity index (χ4n) is 3.84. The van der Waals surface area contributed by atoms with Crippen molar-refractivity contribution < 1.29 is 5.48 Å². The molecule has 3 aromatic rings. The summed E-state index contributed by atoms with van der Waals surface area (Å²) in [7, 11) is 5.81. The second-order valence-corrected chi connectivity index (χ2v) is 15.7. The monoisotopic (exact) mass is 484 g/mol. The summed E-state index contributed by atoms with van der Waals surface area (Å²) in [5.41, 5.74) is 4.32. The van der Waals surface area contributed by atoms with E-state index in [-0.39, 0.29) is 21.7 Å². The zero-order chi connectivity index (χ0) is 23.9. The topological polar surface area (TPSA) is 31.5 Å². The van der Waals surface area contributed by atoms with Gasteiger partial charge in [0.05, 0.1) is 0 Å². The molecule has 0 aliphatic rings. The van der Waals surface area contributed by atoms with E-state index < -0.39 is 9.24 Å². The highest BCUT2D eigenvalue weighted by Crippen LogP contribution is 2.72. The predicted octanol–water partition coefficient (Wildman–Crippen LogP) is 9.19. The Morgan fingerprint density at radius 1 is 0.424 bits per heavy atom. The van der Waals surface area contributed by atoms with E-state index in [4.69, 9.17) is 10.7 Å². The van der Waals surface area contributed by atoms with Gasteiger partial charge in [0, 0.05) is 14.7 Å². The molecule has 2 N–H and O–H groups in total. The molecule has 0 spiro atoms. The van der Waals surface area contributed by atoms with E-state index in [1.807, 2.05) is 0 Å². The van der Waals surface area contributed by atoms with Gasteiger partial charge in [0.2, 0.25) is 0 Å². The normalized spacial score (nSPS) is 13.4. The van der Waals surface area contributed by atoms with Crippen molar-refractivity contribution in [2.24, 2.45) is 0 Å². The third kappa shape index (κ3) is 5.85. The lowest BCUT2D eigenvalue weighted by molar-refractivity contribution is 0.589. The van der Waals surface area contributed by atoms with Crippen molar-refractivity contribution in [3.63, 3.8) is 0 Å². The molecule has 3 aromatic carbocycles. The Balaban J connectivity index is 0.00000385. The summed E-state index contributed by atoms with van der Waals surface area (Å²) in [5.74, 6) is 0. The molecule has 0 bridgehead atoms. The minimum Gasteiger partial charge on any atom is -0.412 e. The highest BCUT2D eigenvalue weighted by molar-refractivity contribution is 8.51. The molecule has 0 amide bonds. The Hall–Kier alpha value is -1.74. The maximum atomic E-state index is 7.70. The molecule has 0 aromatic heterocycles. The van der Waals surface area contributed by atoms with Crippen molar-refractivity contribution in [1.29, 1.82) is 0 Å². The standard InChI is InChI=1S/C30H39ClS.H2O/c1-28(2,3)22-10-16-25(17-11-22)32(31,26-18-12-23(13-19-26)29(4,5)6)27-20-14-24(15-21-27)30(7,8)9;/h10-21H,1-9H3;1H2. The van der Waals surface area contributed by atoms with Gasteiger partial charge in [-0.15, -0.1) is 0 Å². The fraction of sp³-hybridized carbons (Fsp3) is 0.400. The minimum absolute atomic E-state index is 0. The van der Waals surface area contributed by atoms with Crippen molar-refractivity contribution in [3.8, 4) is 0 Å². The lowest BCUT2D eigenvalue weighted by Crippen LogP contribution is -2.12. The Kier molecular flexibility index (Phi) is 7.91. The molecule has 180 valence electrons. The van der Waals surface area contributed by atoms with E-state index in [0.717, 1.165) is 0 Å². The zero-order valence-electron chi connectivity index (χ0n) is 21.7. The first kappa shape index (κ1) is 27.5. The lowest BCUT2D eigenvalue weighted by Gasteiger charge is -2.36. The second kappa shape index (κ2) is 9.49. The van der Waals surface area contributed by atoms with Crippen molar-refractivity contribution >= 4 is 19.9 Å². The van der Waals surface area contributed by atoms with Crippen LogP contribution in [-0.2, 0) is 16.2 Å². The van der Waals surface area contributed by atoms with Gasteiger partial charge in [-0.05, 0) is 69.3 Å². The van der Waals surface area contributed by atoms with Gasteiger partial charge >= 0.3 is 0 Å². The van der Waals surface area contributed by atoms with Crippen LogP contribution in [0.1, 0.15) is 79.0 Å². The van der Waals surface area contributed by atoms with Crippen LogP contribution >= 0.6 is 19.9 Å². The van der Waals surface area contributed by atoms with Crippen molar-refractivity contribution in [3.05, 3.63) is 89.5 Å². The van der Waals surface area contributed by atoms with Gasteiger partial charge in [0.1, 0.15) is 0 Å². The molecule has 0 aliphatic carbocycles. The van der Waals surface area contributed by atoms with E-state index in [1.54, 1.807) is 0 Å². The summed E-state index contributed by atoms with van der Waals surface area (Å²) in [6.07, 6.45) is 0. The molecule has 0 saturated heterocycles. The number of halogens is 1.